The van der Waals surface area contributed by atoms with E-state index in [0.717, 1.165) is 45.3 Å². The normalized spacial score (nSPS) is 26.2. The Morgan fingerprint density at radius 1 is 1.33 bits per heavy atom. The predicted molar refractivity (Wildman–Crippen MR) is 87.1 cm³/mol. The second-order valence-electron chi connectivity index (χ2n) is 5.81. The highest BCUT2D eigenvalue weighted by Gasteiger charge is 2.39. The third-order valence-corrected chi connectivity index (χ3v) is 5.74. The quantitative estimate of drug-likeness (QED) is 0.786. The molecule has 1 fully saturated rings. The lowest BCUT2D eigenvalue weighted by Gasteiger charge is -2.39. The van der Waals surface area contributed by atoms with E-state index in [-0.39, 0.29) is 5.54 Å². The van der Waals surface area contributed by atoms with E-state index in [9.17, 15) is 0 Å². The first kappa shape index (κ1) is 16.9. The van der Waals surface area contributed by atoms with Gasteiger partial charge in [0.05, 0.1) is 23.9 Å². The molecule has 1 aromatic heterocycles. The molecule has 0 radical (unpaired) electrons. The van der Waals surface area contributed by atoms with E-state index in [2.05, 4.69) is 19.2 Å². The van der Waals surface area contributed by atoms with E-state index in [1.807, 2.05) is 18.4 Å². The summed E-state index contributed by atoms with van der Waals surface area (Å²) in [4.78, 5) is 6.28. The molecular weight excluding hydrogens is 284 g/mol. The maximum atomic E-state index is 5.53. The molecule has 0 atom stereocenters. The van der Waals surface area contributed by atoms with Gasteiger partial charge in [-0.25, -0.2) is 4.98 Å². The smallest absolute Gasteiger partial charge is 0.113 e. The molecular formula is C16H28N2O2S. The fraction of sp³-hybridized carbons (Fsp3) is 0.812. The minimum Gasteiger partial charge on any atom is -0.383 e. The van der Waals surface area contributed by atoms with Crippen LogP contribution in [0.25, 0.3) is 0 Å². The summed E-state index contributed by atoms with van der Waals surface area (Å²) in [6.07, 6.45) is 5.77. The standard InChI is InChI=1S/C16H28N2O2S/c1-5-14-12(2)21-15(18-14)16(17-10-11-19-3)8-6-13(20-4)7-9-16/h13,17H,5-11H2,1-4H3. The summed E-state index contributed by atoms with van der Waals surface area (Å²) in [5, 5.41) is 4.98. The predicted octanol–water partition coefficient (Wildman–Crippen LogP) is 3.03. The van der Waals surface area contributed by atoms with Crippen molar-refractivity contribution in [3.05, 3.63) is 15.6 Å². The summed E-state index contributed by atoms with van der Waals surface area (Å²) < 4.78 is 10.7. The van der Waals surface area contributed by atoms with Gasteiger partial charge in [0.1, 0.15) is 5.01 Å². The minimum absolute atomic E-state index is 0.0103. The van der Waals surface area contributed by atoms with Crippen LogP contribution in [0.3, 0.4) is 0 Å². The molecule has 1 saturated carbocycles. The van der Waals surface area contributed by atoms with E-state index in [1.165, 1.54) is 15.6 Å². The zero-order valence-electron chi connectivity index (χ0n) is 13.7. The topological polar surface area (TPSA) is 43.4 Å². The fourth-order valence-electron chi connectivity index (χ4n) is 3.14. The van der Waals surface area contributed by atoms with E-state index in [0.29, 0.717) is 6.10 Å². The maximum Gasteiger partial charge on any atom is 0.113 e. The third kappa shape index (κ3) is 3.83. The van der Waals surface area contributed by atoms with Crippen LogP contribution < -0.4 is 5.32 Å². The van der Waals surface area contributed by atoms with Crippen LogP contribution in [0.5, 0.6) is 0 Å². The van der Waals surface area contributed by atoms with Crippen LogP contribution in [0.4, 0.5) is 0 Å². The molecule has 2 rings (SSSR count). The van der Waals surface area contributed by atoms with Gasteiger partial charge in [-0.2, -0.15) is 0 Å². The molecule has 5 heteroatoms. The average Bonchev–Trinajstić information content (AvgIpc) is 2.90. The molecule has 1 N–H and O–H groups in total. The highest BCUT2D eigenvalue weighted by molar-refractivity contribution is 7.11. The van der Waals surface area contributed by atoms with Crippen molar-refractivity contribution in [2.24, 2.45) is 0 Å². The molecule has 4 nitrogen and oxygen atoms in total. The maximum absolute atomic E-state index is 5.53. The largest absolute Gasteiger partial charge is 0.383 e. The Morgan fingerprint density at radius 2 is 2.05 bits per heavy atom. The molecule has 120 valence electrons. The molecule has 1 heterocycles. The Hall–Kier alpha value is -0.490. The Balaban J connectivity index is 2.18. The number of nitrogens with one attached hydrogen (secondary N) is 1. The summed E-state index contributed by atoms with van der Waals surface area (Å²) in [5.74, 6) is 0. The number of thiazole rings is 1. The van der Waals surface area contributed by atoms with Crippen molar-refractivity contribution in [1.82, 2.24) is 10.3 Å². The SMILES string of the molecule is CCc1nc(C2(NCCOC)CCC(OC)CC2)sc1C. The van der Waals surface area contributed by atoms with E-state index < -0.39 is 0 Å². The van der Waals surface area contributed by atoms with Gasteiger partial charge < -0.3 is 14.8 Å². The first-order valence-electron chi connectivity index (χ1n) is 7.88. The molecule has 0 saturated heterocycles. The number of nitrogens with zero attached hydrogens (tertiary/aromatic N) is 1. The first-order chi connectivity index (χ1) is 10.1. The second-order valence-corrected chi connectivity index (χ2v) is 7.02. The Labute approximate surface area is 132 Å². The molecule has 0 unspecified atom stereocenters. The number of rotatable bonds is 7. The van der Waals surface area contributed by atoms with Crippen molar-refractivity contribution in [2.45, 2.75) is 57.6 Å². The fourth-order valence-corrected chi connectivity index (χ4v) is 4.36. The van der Waals surface area contributed by atoms with Gasteiger partial charge in [0.2, 0.25) is 0 Å². The lowest BCUT2D eigenvalue weighted by atomic mass is 9.80. The van der Waals surface area contributed by atoms with Crippen LogP contribution >= 0.6 is 11.3 Å². The number of aromatic nitrogens is 1. The van der Waals surface area contributed by atoms with E-state index in [1.54, 1.807) is 7.11 Å². The van der Waals surface area contributed by atoms with Gasteiger partial charge in [0.25, 0.3) is 0 Å². The number of hydrogen-bond donors (Lipinski definition) is 1. The van der Waals surface area contributed by atoms with Gasteiger partial charge in [-0.05, 0) is 39.0 Å². The molecule has 0 spiro atoms. The molecule has 0 aromatic carbocycles. The molecule has 21 heavy (non-hydrogen) atoms. The van der Waals surface area contributed by atoms with Crippen LogP contribution in [0.1, 0.15) is 48.2 Å². The molecule has 0 bridgehead atoms. The zero-order valence-corrected chi connectivity index (χ0v) is 14.5. The van der Waals surface area contributed by atoms with Crippen molar-refractivity contribution in [2.75, 3.05) is 27.4 Å². The van der Waals surface area contributed by atoms with E-state index in [4.69, 9.17) is 14.5 Å². The van der Waals surface area contributed by atoms with Crippen LogP contribution in [-0.4, -0.2) is 38.5 Å². The minimum atomic E-state index is 0.0103. The van der Waals surface area contributed by atoms with Crippen molar-refractivity contribution in [1.29, 1.82) is 0 Å². The van der Waals surface area contributed by atoms with Crippen LogP contribution in [0.15, 0.2) is 0 Å². The third-order valence-electron chi connectivity index (χ3n) is 4.53. The van der Waals surface area contributed by atoms with Crippen molar-refractivity contribution >= 4 is 11.3 Å². The van der Waals surface area contributed by atoms with Crippen molar-refractivity contribution in [3.8, 4) is 0 Å². The Kier molecular flexibility index (Phi) is 6.17. The van der Waals surface area contributed by atoms with Crippen LogP contribution in [0.2, 0.25) is 0 Å². The van der Waals surface area contributed by atoms with Crippen LogP contribution in [0, 0.1) is 6.92 Å². The molecule has 0 aliphatic heterocycles. The Bertz CT molecular complexity index is 434. The summed E-state index contributed by atoms with van der Waals surface area (Å²) in [5.41, 5.74) is 1.26. The summed E-state index contributed by atoms with van der Waals surface area (Å²) in [7, 11) is 3.57. The summed E-state index contributed by atoms with van der Waals surface area (Å²) >= 11 is 1.86. The molecule has 1 aromatic rings. The lowest BCUT2D eigenvalue weighted by molar-refractivity contribution is 0.0383. The number of methoxy groups -OCH3 is 2. The number of ether oxygens (including phenoxy) is 2. The number of aryl methyl sites for hydroxylation is 2. The summed E-state index contributed by atoms with van der Waals surface area (Å²) in [6, 6.07) is 0. The molecule has 0 amide bonds. The van der Waals surface area contributed by atoms with Gasteiger partial charge in [-0.1, -0.05) is 6.92 Å². The van der Waals surface area contributed by atoms with Crippen molar-refractivity contribution in [3.63, 3.8) is 0 Å². The van der Waals surface area contributed by atoms with Crippen molar-refractivity contribution < 1.29 is 9.47 Å². The number of hydrogen-bond acceptors (Lipinski definition) is 5. The van der Waals surface area contributed by atoms with Crippen LogP contribution in [-0.2, 0) is 21.4 Å². The Morgan fingerprint density at radius 3 is 2.57 bits per heavy atom. The van der Waals surface area contributed by atoms with Gasteiger partial charge in [-0.3, -0.25) is 0 Å². The lowest BCUT2D eigenvalue weighted by Crippen LogP contribution is -2.47. The summed E-state index contributed by atoms with van der Waals surface area (Å²) in [6.45, 7) is 5.97. The van der Waals surface area contributed by atoms with Gasteiger partial charge >= 0.3 is 0 Å². The highest BCUT2D eigenvalue weighted by Crippen LogP contribution is 2.40. The monoisotopic (exact) mass is 312 g/mol. The van der Waals surface area contributed by atoms with Gasteiger partial charge in [0.15, 0.2) is 0 Å². The van der Waals surface area contributed by atoms with Gasteiger partial charge in [-0.15, -0.1) is 11.3 Å². The first-order valence-corrected chi connectivity index (χ1v) is 8.70. The molecule has 1 aliphatic carbocycles. The average molecular weight is 312 g/mol. The molecule has 1 aliphatic rings. The second kappa shape index (κ2) is 7.68. The van der Waals surface area contributed by atoms with Gasteiger partial charge in [0, 0.05) is 25.6 Å². The highest BCUT2D eigenvalue weighted by atomic mass is 32.1. The van der Waals surface area contributed by atoms with E-state index >= 15 is 0 Å². The zero-order chi connectivity index (χ0) is 15.3.